The molecular weight excluding hydrogens is 290 g/mol. The summed E-state index contributed by atoms with van der Waals surface area (Å²) in [5.41, 5.74) is 2.61. The molecule has 0 spiro atoms. The van der Waals surface area contributed by atoms with Gasteiger partial charge >= 0.3 is 0 Å². The van der Waals surface area contributed by atoms with Crippen LogP contribution in [0.5, 0.6) is 5.75 Å². The largest absolute Gasteiger partial charge is 0.484 e. The minimum Gasteiger partial charge on any atom is -0.484 e. The Kier molecular flexibility index (Phi) is 6.36. The molecule has 0 heterocycles. The van der Waals surface area contributed by atoms with Gasteiger partial charge in [0.1, 0.15) is 12.0 Å². The molecular formula is C19H21NO3. The Morgan fingerprint density at radius 1 is 1.09 bits per heavy atom. The monoisotopic (exact) mass is 311 g/mol. The van der Waals surface area contributed by atoms with E-state index in [1.165, 1.54) is 18.4 Å². The quantitative estimate of drug-likeness (QED) is 0.753. The molecule has 0 atom stereocenters. The van der Waals surface area contributed by atoms with Crippen LogP contribution in [0.2, 0.25) is 0 Å². The Morgan fingerprint density at radius 2 is 1.78 bits per heavy atom. The van der Waals surface area contributed by atoms with Crippen molar-refractivity contribution in [2.45, 2.75) is 26.2 Å². The second-order valence-corrected chi connectivity index (χ2v) is 5.32. The van der Waals surface area contributed by atoms with Gasteiger partial charge in [-0.2, -0.15) is 0 Å². The molecule has 0 aliphatic carbocycles. The van der Waals surface area contributed by atoms with E-state index in [1.807, 2.05) is 24.3 Å². The summed E-state index contributed by atoms with van der Waals surface area (Å²) >= 11 is 0. The van der Waals surface area contributed by atoms with Crippen LogP contribution in [0.25, 0.3) is 0 Å². The molecule has 2 aromatic rings. The summed E-state index contributed by atoms with van der Waals surface area (Å²) in [7, 11) is 0. The lowest BCUT2D eigenvalue weighted by Crippen LogP contribution is -2.20. The lowest BCUT2D eigenvalue weighted by molar-refractivity contribution is -0.118. The minimum absolute atomic E-state index is 0.0714. The smallest absolute Gasteiger partial charge is 0.262 e. The lowest BCUT2D eigenvalue weighted by Gasteiger charge is -2.08. The number of unbranched alkanes of at least 4 members (excludes halogenated alkanes) is 1. The van der Waals surface area contributed by atoms with Gasteiger partial charge < -0.3 is 10.1 Å². The molecule has 120 valence electrons. The van der Waals surface area contributed by atoms with E-state index in [4.69, 9.17) is 4.74 Å². The molecule has 4 heteroatoms. The topological polar surface area (TPSA) is 55.4 Å². The van der Waals surface area contributed by atoms with Crippen LogP contribution in [0.3, 0.4) is 0 Å². The van der Waals surface area contributed by atoms with E-state index < -0.39 is 0 Å². The summed E-state index contributed by atoms with van der Waals surface area (Å²) in [5, 5.41) is 2.80. The molecule has 0 unspecified atom stereocenters. The van der Waals surface area contributed by atoms with Crippen LogP contribution in [0.15, 0.2) is 48.5 Å². The Balaban J connectivity index is 1.80. The van der Waals surface area contributed by atoms with Gasteiger partial charge in [-0.15, -0.1) is 0 Å². The highest BCUT2D eigenvalue weighted by atomic mass is 16.5. The van der Waals surface area contributed by atoms with Crippen molar-refractivity contribution in [1.29, 1.82) is 0 Å². The van der Waals surface area contributed by atoms with E-state index in [0.29, 0.717) is 11.3 Å². The number of nitrogens with one attached hydrogen (secondary N) is 1. The van der Waals surface area contributed by atoms with Crippen LogP contribution in [0, 0.1) is 0 Å². The second-order valence-electron chi connectivity index (χ2n) is 5.32. The SMILES string of the molecule is CCCCc1ccc(NC(=O)COc2ccc(C=O)cc2)cc1. The van der Waals surface area contributed by atoms with Crippen molar-refractivity contribution in [2.24, 2.45) is 0 Å². The zero-order chi connectivity index (χ0) is 16.5. The first-order chi connectivity index (χ1) is 11.2. The average molecular weight is 311 g/mol. The third kappa shape index (κ3) is 5.58. The van der Waals surface area contributed by atoms with Gasteiger partial charge in [-0.25, -0.2) is 0 Å². The Morgan fingerprint density at radius 3 is 2.39 bits per heavy atom. The number of carbonyl (C=O) groups excluding carboxylic acids is 2. The van der Waals surface area contributed by atoms with E-state index >= 15 is 0 Å². The number of aldehydes is 1. The Labute approximate surface area is 136 Å². The van der Waals surface area contributed by atoms with Crippen LogP contribution >= 0.6 is 0 Å². The number of ether oxygens (including phenoxy) is 1. The number of carbonyl (C=O) groups is 2. The highest BCUT2D eigenvalue weighted by Gasteiger charge is 2.04. The maximum Gasteiger partial charge on any atom is 0.262 e. The lowest BCUT2D eigenvalue weighted by atomic mass is 10.1. The minimum atomic E-state index is -0.217. The van der Waals surface area contributed by atoms with Gasteiger partial charge in [-0.05, 0) is 54.8 Å². The van der Waals surface area contributed by atoms with E-state index in [-0.39, 0.29) is 12.5 Å². The first kappa shape index (κ1) is 16.7. The fourth-order valence-electron chi connectivity index (χ4n) is 2.12. The van der Waals surface area contributed by atoms with Crippen molar-refractivity contribution in [3.63, 3.8) is 0 Å². The molecule has 2 rings (SSSR count). The molecule has 0 saturated carbocycles. The van der Waals surface area contributed by atoms with Crippen LogP contribution in [-0.4, -0.2) is 18.8 Å². The molecule has 4 nitrogen and oxygen atoms in total. The molecule has 0 aliphatic heterocycles. The molecule has 0 aromatic heterocycles. The molecule has 0 radical (unpaired) electrons. The normalized spacial score (nSPS) is 10.1. The Hall–Kier alpha value is -2.62. The Bertz CT molecular complexity index is 633. The molecule has 1 amide bonds. The van der Waals surface area contributed by atoms with Gasteiger partial charge in [0.05, 0.1) is 0 Å². The van der Waals surface area contributed by atoms with Gasteiger partial charge in [0.25, 0.3) is 5.91 Å². The maximum atomic E-state index is 11.9. The third-order valence-corrected chi connectivity index (χ3v) is 3.44. The number of benzene rings is 2. The number of anilines is 1. The van der Waals surface area contributed by atoms with Crippen LogP contribution in [-0.2, 0) is 11.2 Å². The second kappa shape index (κ2) is 8.73. The van der Waals surface area contributed by atoms with Crippen LogP contribution in [0.1, 0.15) is 35.7 Å². The van der Waals surface area contributed by atoms with E-state index in [9.17, 15) is 9.59 Å². The zero-order valence-corrected chi connectivity index (χ0v) is 13.2. The van der Waals surface area contributed by atoms with Crippen molar-refractivity contribution in [2.75, 3.05) is 11.9 Å². The summed E-state index contributed by atoms with van der Waals surface area (Å²) in [6.45, 7) is 2.10. The number of hydrogen-bond acceptors (Lipinski definition) is 3. The third-order valence-electron chi connectivity index (χ3n) is 3.44. The summed E-state index contributed by atoms with van der Waals surface area (Å²) in [4.78, 5) is 22.4. The van der Waals surface area contributed by atoms with Gasteiger partial charge in [0, 0.05) is 11.3 Å². The van der Waals surface area contributed by atoms with Gasteiger partial charge in [0.2, 0.25) is 0 Å². The summed E-state index contributed by atoms with van der Waals surface area (Å²) in [6, 6.07) is 14.5. The molecule has 0 bridgehead atoms. The van der Waals surface area contributed by atoms with E-state index in [1.54, 1.807) is 24.3 Å². The van der Waals surface area contributed by atoms with Crippen molar-refractivity contribution in [3.8, 4) is 5.75 Å². The fourth-order valence-corrected chi connectivity index (χ4v) is 2.12. The van der Waals surface area contributed by atoms with E-state index in [2.05, 4.69) is 12.2 Å². The van der Waals surface area contributed by atoms with Crippen molar-refractivity contribution in [1.82, 2.24) is 0 Å². The summed E-state index contributed by atoms with van der Waals surface area (Å²) in [6.07, 6.45) is 4.16. The van der Waals surface area contributed by atoms with Crippen molar-refractivity contribution < 1.29 is 14.3 Å². The standard InChI is InChI=1S/C19H21NO3/c1-2-3-4-15-5-9-17(10-6-15)20-19(22)14-23-18-11-7-16(13-21)8-12-18/h5-13H,2-4,14H2,1H3,(H,20,22). The van der Waals surface area contributed by atoms with Gasteiger partial charge in [-0.1, -0.05) is 25.5 Å². The summed E-state index contributed by atoms with van der Waals surface area (Å²) < 4.78 is 5.39. The van der Waals surface area contributed by atoms with Crippen molar-refractivity contribution >= 4 is 17.9 Å². The number of rotatable bonds is 8. The van der Waals surface area contributed by atoms with Gasteiger partial charge in [0.15, 0.2) is 6.61 Å². The first-order valence-corrected chi connectivity index (χ1v) is 7.78. The predicted octanol–water partition coefficient (Wildman–Crippen LogP) is 3.86. The molecule has 2 aromatic carbocycles. The number of aryl methyl sites for hydroxylation is 1. The number of hydrogen-bond donors (Lipinski definition) is 1. The van der Waals surface area contributed by atoms with Gasteiger partial charge in [-0.3, -0.25) is 9.59 Å². The maximum absolute atomic E-state index is 11.9. The fraction of sp³-hybridized carbons (Fsp3) is 0.263. The number of amides is 1. The molecule has 0 saturated heterocycles. The van der Waals surface area contributed by atoms with Crippen molar-refractivity contribution in [3.05, 3.63) is 59.7 Å². The predicted molar refractivity (Wildman–Crippen MR) is 91.0 cm³/mol. The molecule has 1 N–H and O–H groups in total. The summed E-state index contributed by atoms with van der Waals surface area (Å²) in [5.74, 6) is 0.339. The average Bonchev–Trinajstić information content (AvgIpc) is 2.60. The highest BCUT2D eigenvalue weighted by Crippen LogP contribution is 2.13. The molecule has 23 heavy (non-hydrogen) atoms. The van der Waals surface area contributed by atoms with Crippen LogP contribution in [0.4, 0.5) is 5.69 Å². The molecule has 0 aliphatic rings. The van der Waals surface area contributed by atoms with Crippen LogP contribution < -0.4 is 10.1 Å². The highest BCUT2D eigenvalue weighted by molar-refractivity contribution is 5.91. The first-order valence-electron chi connectivity index (χ1n) is 7.78. The molecule has 0 fully saturated rings. The van der Waals surface area contributed by atoms with E-state index in [0.717, 1.165) is 18.4 Å². The zero-order valence-electron chi connectivity index (χ0n) is 13.2.